The van der Waals surface area contributed by atoms with Crippen LogP contribution in [0.2, 0.25) is 0 Å². The minimum Gasteiger partial charge on any atom is -0.334 e. The van der Waals surface area contributed by atoms with E-state index in [2.05, 4.69) is 9.71 Å². The molecule has 0 bridgehead atoms. The van der Waals surface area contributed by atoms with Gasteiger partial charge in [0.2, 0.25) is 0 Å². The predicted octanol–water partition coefficient (Wildman–Crippen LogP) is 0.116. The number of nitrogens with one attached hydrogen (secondary N) is 1. The fourth-order valence-electron chi connectivity index (χ4n) is 3.04. The van der Waals surface area contributed by atoms with Gasteiger partial charge in [0.1, 0.15) is 5.84 Å². The summed E-state index contributed by atoms with van der Waals surface area (Å²) in [6, 6.07) is 0.226. The molecule has 3 rings (SSSR count). The summed E-state index contributed by atoms with van der Waals surface area (Å²) in [5, 5.41) is 3.12. The third kappa shape index (κ3) is 3.76. The monoisotopic (exact) mass is 360 g/mol. The van der Waals surface area contributed by atoms with E-state index in [-0.39, 0.29) is 30.1 Å². The molecule has 0 aromatic heterocycles. The molecule has 1 fully saturated rings. The van der Waals surface area contributed by atoms with E-state index in [1.807, 2.05) is 11.9 Å². The van der Waals surface area contributed by atoms with Gasteiger partial charge in [0, 0.05) is 31.9 Å². The van der Waals surface area contributed by atoms with Crippen molar-refractivity contribution in [1.29, 1.82) is 0 Å². The van der Waals surface area contributed by atoms with Crippen molar-refractivity contribution in [2.24, 2.45) is 4.40 Å². The fourth-order valence-corrected chi connectivity index (χ4v) is 4.01. The van der Waals surface area contributed by atoms with Crippen LogP contribution >= 0.6 is 12.4 Å². The summed E-state index contributed by atoms with van der Waals surface area (Å²) in [5.74, 6) is 0.367. The van der Waals surface area contributed by atoms with Crippen molar-refractivity contribution >= 4 is 34.2 Å². The van der Waals surface area contributed by atoms with Crippen LogP contribution in [0, 0.1) is 0 Å². The number of amides is 1. The molecule has 3 heterocycles. The lowest BCUT2D eigenvalue weighted by molar-refractivity contribution is -0.127. The molecular weight excluding hydrogens is 340 g/mol. The summed E-state index contributed by atoms with van der Waals surface area (Å²) in [5.41, 5.74) is 0.584. The van der Waals surface area contributed by atoms with Gasteiger partial charge in [-0.3, -0.25) is 4.79 Å². The summed E-state index contributed by atoms with van der Waals surface area (Å²) in [4.78, 5) is 16.3. The van der Waals surface area contributed by atoms with E-state index >= 15 is 0 Å². The van der Waals surface area contributed by atoms with Crippen molar-refractivity contribution in [3.63, 3.8) is 0 Å². The van der Waals surface area contributed by atoms with Gasteiger partial charge < -0.3 is 15.1 Å². The van der Waals surface area contributed by atoms with Crippen LogP contribution in [0.15, 0.2) is 28.3 Å². The van der Waals surface area contributed by atoms with Gasteiger partial charge in [-0.05, 0) is 32.0 Å². The van der Waals surface area contributed by atoms with Gasteiger partial charge in [-0.25, -0.2) is 8.42 Å². The van der Waals surface area contributed by atoms with E-state index in [4.69, 9.17) is 0 Å². The number of sulfonamides is 1. The molecule has 128 valence electrons. The van der Waals surface area contributed by atoms with Crippen LogP contribution in [-0.4, -0.2) is 68.4 Å². The Morgan fingerprint density at radius 1 is 1.39 bits per heavy atom. The second kappa shape index (κ2) is 7.02. The maximum Gasteiger partial charge on any atom is 0.256 e. The Balaban J connectivity index is 0.00000192. The Hall–Kier alpha value is -1.38. The average molecular weight is 361 g/mol. The summed E-state index contributed by atoms with van der Waals surface area (Å²) in [7, 11) is -1.47. The average Bonchev–Trinajstić information content (AvgIpc) is 2.94. The molecule has 1 saturated heterocycles. The largest absolute Gasteiger partial charge is 0.334 e. The first-order chi connectivity index (χ1) is 10.5. The lowest BCUT2D eigenvalue weighted by Crippen LogP contribution is -2.43. The van der Waals surface area contributed by atoms with Crippen LogP contribution in [0.25, 0.3) is 0 Å². The number of rotatable bonds is 3. The second-order valence-electron chi connectivity index (χ2n) is 5.70. The number of likely N-dealkylation sites (tertiary alicyclic amines) is 1. The maximum atomic E-state index is 12.7. The normalized spacial score (nSPS) is 25.3. The number of hydrogen-bond donors (Lipinski definition) is 1. The molecule has 0 radical (unpaired) electrons. The van der Waals surface area contributed by atoms with Gasteiger partial charge in [0.15, 0.2) is 0 Å². The Morgan fingerprint density at radius 2 is 2.17 bits per heavy atom. The fraction of sp³-hybridized carbons (Fsp3) is 0.571. The minimum atomic E-state index is -3.36. The first kappa shape index (κ1) is 18.0. The maximum absolute atomic E-state index is 12.7. The second-order valence-corrected chi connectivity index (χ2v) is 7.45. The molecule has 1 amide bonds. The zero-order valence-electron chi connectivity index (χ0n) is 12.9. The van der Waals surface area contributed by atoms with Crippen LogP contribution in [0.3, 0.4) is 0 Å². The van der Waals surface area contributed by atoms with Gasteiger partial charge >= 0.3 is 0 Å². The summed E-state index contributed by atoms with van der Waals surface area (Å²) in [6.45, 7) is 1.89. The summed E-state index contributed by atoms with van der Waals surface area (Å²) < 4.78 is 26.7. The smallest absolute Gasteiger partial charge is 0.256 e. The first-order valence-electron chi connectivity index (χ1n) is 7.45. The molecule has 1 N–H and O–H groups in total. The molecular formula is C14H21ClN4O3S. The number of fused-ring (bicyclic) bond motifs is 1. The van der Waals surface area contributed by atoms with Crippen molar-refractivity contribution in [2.75, 3.05) is 32.4 Å². The minimum absolute atomic E-state index is 0. The number of amidine groups is 1. The molecule has 0 saturated carbocycles. The molecule has 3 aliphatic rings. The lowest BCUT2D eigenvalue weighted by Gasteiger charge is -2.30. The zero-order chi connectivity index (χ0) is 15.7. The highest BCUT2D eigenvalue weighted by molar-refractivity contribution is 7.90. The molecule has 0 aliphatic carbocycles. The van der Waals surface area contributed by atoms with E-state index in [0.29, 0.717) is 18.0 Å². The van der Waals surface area contributed by atoms with Gasteiger partial charge in [-0.1, -0.05) is 0 Å². The molecule has 3 aliphatic heterocycles. The highest BCUT2D eigenvalue weighted by Gasteiger charge is 2.31. The van der Waals surface area contributed by atoms with Crippen molar-refractivity contribution in [3.8, 4) is 0 Å². The van der Waals surface area contributed by atoms with Crippen LogP contribution in [0.1, 0.15) is 12.8 Å². The highest BCUT2D eigenvalue weighted by Crippen LogP contribution is 2.22. The Labute approximate surface area is 142 Å². The van der Waals surface area contributed by atoms with Gasteiger partial charge in [-0.15, -0.1) is 16.8 Å². The summed E-state index contributed by atoms with van der Waals surface area (Å²) >= 11 is 0. The molecule has 0 spiro atoms. The number of likely N-dealkylation sites (N-methyl/N-ethyl adjacent to an activating group) is 1. The molecule has 0 aromatic carbocycles. The molecule has 9 heteroatoms. The van der Waals surface area contributed by atoms with Crippen LogP contribution < -0.4 is 5.32 Å². The molecule has 1 unspecified atom stereocenters. The quantitative estimate of drug-likeness (QED) is 0.772. The van der Waals surface area contributed by atoms with E-state index in [1.165, 1.54) is 0 Å². The number of carbonyl (C=O) groups is 1. The molecule has 1 atom stereocenters. The van der Waals surface area contributed by atoms with E-state index in [0.717, 1.165) is 25.9 Å². The van der Waals surface area contributed by atoms with Gasteiger partial charge in [0.05, 0.1) is 11.3 Å². The van der Waals surface area contributed by atoms with Crippen molar-refractivity contribution < 1.29 is 13.2 Å². The van der Waals surface area contributed by atoms with Crippen LogP contribution in [0.5, 0.6) is 0 Å². The Kier molecular flexibility index (Phi) is 5.49. The van der Waals surface area contributed by atoms with E-state index in [9.17, 15) is 13.2 Å². The van der Waals surface area contributed by atoms with Crippen molar-refractivity contribution in [3.05, 3.63) is 23.9 Å². The number of halogens is 1. The van der Waals surface area contributed by atoms with Crippen LogP contribution in [-0.2, 0) is 14.8 Å². The lowest BCUT2D eigenvalue weighted by atomic mass is 10.1. The number of hydrogen-bond acceptors (Lipinski definition) is 5. The Bertz CT molecular complexity index is 672. The molecule has 0 aromatic rings. The Morgan fingerprint density at radius 3 is 2.91 bits per heavy atom. The topological polar surface area (TPSA) is 82.1 Å². The standard InChI is InChI=1S/C14H20N4O3S.ClH/c1-15-9-12-3-2-6-18(12)14(19)11-4-5-13-16-22(20,21)8-7-17(13)10-11;/h4-5,10,12,15H,2-3,6-9H2,1H3;1H. The SMILES string of the molecule is CNCC1CCCN1C(=O)C1=CN2CCS(=O)(=O)N=C2C=C1.Cl. The zero-order valence-corrected chi connectivity index (χ0v) is 14.6. The van der Waals surface area contributed by atoms with Crippen molar-refractivity contribution in [2.45, 2.75) is 18.9 Å². The van der Waals surface area contributed by atoms with Gasteiger partial charge in [0.25, 0.3) is 15.9 Å². The van der Waals surface area contributed by atoms with Gasteiger partial charge in [-0.2, -0.15) is 0 Å². The number of carbonyl (C=O) groups excluding carboxylic acids is 1. The number of nitrogens with zero attached hydrogens (tertiary/aromatic N) is 3. The highest BCUT2D eigenvalue weighted by atomic mass is 35.5. The van der Waals surface area contributed by atoms with Crippen LogP contribution in [0.4, 0.5) is 0 Å². The molecule has 7 nitrogen and oxygen atoms in total. The third-order valence-electron chi connectivity index (χ3n) is 4.15. The van der Waals surface area contributed by atoms with E-state index < -0.39 is 10.0 Å². The third-order valence-corrected chi connectivity index (χ3v) is 5.31. The van der Waals surface area contributed by atoms with Crippen molar-refractivity contribution in [1.82, 2.24) is 15.1 Å². The first-order valence-corrected chi connectivity index (χ1v) is 9.06. The molecule has 23 heavy (non-hydrogen) atoms. The predicted molar refractivity (Wildman–Crippen MR) is 91.1 cm³/mol. The van der Waals surface area contributed by atoms with E-state index in [1.54, 1.807) is 23.3 Å². The summed E-state index contributed by atoms with van der Waals surface area (Å²) in [6.07, 6.45) is 7.01.